The molecule has 1 atom stereocenters. The Morgan fingerprint density at radius 1 is 1.14 bits per heavy atom. The lowest BCUT2D eigenvalue weighted by Crippen LogP contribution is -2.34. The van der Waals surface area contributed by atoms with Crippen LogP contribution < -0.4 is 5.32 Å². The van der Waals surface area contributed by atoms with E-state index in [2.05, 4.69) is 24.2 Å². The maximum Gasteiger partial charge on any atom is 0.242 e. The number of rotatable bonds is 7. The van der Waals surface area contributed by atoms with Gasteiger partial charge < -0.3 is 5.32 Å². The van der Waals surface area contributed by atoms with E-state index in [0.29, 0.717) is 17.6 Å². The van der Waals surface area contributed by atoms with Gasteiger partial charge in [0.05, 0.1) is 5.69 Å². The van der Waals surface area contributed by atoms with Crippen LogP contribution in [0.15, 0.2) is 59.6 Å². The predicted octanol–water partition coefficient (Wildman–Crippen LogP) is 5.00. The third-order valence-electron chi connectivity index (χ3n) is 4.72. The van der Waals surface area contributed by atoms with Gasteiger partial charge in [0.1, 0.15) is 5.25 Å². The molecule has 0 unspecified atom stereocenters. The first-order valence-electron chi connectivity index (χ1n) is 9.91. The van der Waals surface area contributed by atoms with E-state index in [4.69, 9.17) is 0 Å². The number of benzene rings is 2. The second kappa shape index (κ2) is 9.74. The van der Waals surface area contributed by atoms with Gasteiger partial charge in [-0.1, -0.05) is 62.0 Å². The van der Waals surface area contributed by atoms with Gasteiger partial charge in [0.15, 0.2) is 5.17 Å². The number of para-hydroxylation sites is 2. The van der Waals surface area contributed by atoms with Gasteiger partial charge in [-0.15, -0.1) is 0 Å². The number of carbonyl (C=O) groups excluding carboxylic acids is 2. The molecule has 1 saturated heterocycles. The number of hydrogen-bond acceptors (Lipinski definition) is 4. The molecule has 0 radical (unpaired) electrons. The van der Waals surface area contributed by atoms with Crippen LogP contribution >= 0.6 is 11.8 Å². The smallest absolute Gasteiger partial charge is 0.242 e. The topological polar surface area (TPSA) is 61.8 Å². The number of aryl methyl sites for hydroxylation is 1. The average molecular weight is 410 g/mol. The van der Waals surface area contributed by atoms with E-state index in [9.17, 15) is 9.59 Å². The Hall–Kier alpha value is -2.60. The van der Waals surface area contributed by atoms with Crippen LogP contribution in [0.2, 0.25) is 0 Å². The molecule has 29 heavy (non-hydrogen) atoms. The Balaban J connectivity index is 1.73. The maximum absolute atomic E-state index is 13.0. The van der Waals surface area contributed by atoms with E-state index < -0.39 is 5.25 Å². The van der Waals surface area contributed by atoms with Gasteiger partial charge in [0, 0.05) is 18.7 Å². The summed E-state index contributed by atoms with van der Waals surface area (Å²) in [4.78, 5) is 32.0. The number of anilines is 1. The fraction of sp³-hybridized carbons (Fsp3) is 0.348. The Labute approximate surface area is 176 Å². The van der Waals surface area contributed by atoms with Crippen molar-refractivity contribution in [1.29, 1.82) is 0 Å². The second-order valence-electron chi connectivity index (χ2n) is 7.58. The first-order chi connectivity index (χ1) is 13.9. The molecule has 1 N–H and O–H groups in total. The van der Waals surface area contributed by atoms with Gasteiger partial charge in [-0.2, -0.15) is 0 Å². The first-order valence-corrected chi connectivity index (χ1v) is 10.8. The van der Waals surface area contributed by atoms with Gasteiger partial charge >= 0.3 is 0 Å². The molecule has 2 amide bonds. The molecule has 152 valence electrons. The summed E-state index contributed by atoms with van der Waals surface area (Å²) in [5.41, 5.74) is 2.58. The number of nitrogens with zero attached hydrogens (tertiary/aromatic N) is 2. The fourth-order valence-corrected chi connectivity index (χ4v) is 4.20. The molecule has 0 aliphatic carbocycles. The standard InChI is InChI=1S/C23H27N3O2S/c1-16(2)13-14-26-22(28)20(29-23(26)24-18-10-5-4-6-11-18)15-21(27)25-19-12-8-7-9-17(19)3/h4-12,16,20H,13-15H2,1-3H3,(H,25,27)/t20-/m1/s1. The Morgan fingerprint density at radius 2 is 1.83 bits per heavy atom. The summed E-state index contributed by atoms with van der Waals surface area (Å²) >= 11 is 1.38. The third kappa shape index (κ3) is 5.70. The Bertz CT molecular complexity index is 896. The highest BCUT2D eigenvalue weighted by Gasteiger charge is 2.39. The molecule has 0 bridgehead atoms. The molecule has 1 heterocycles. The Kier molecular flexibility index (Phi) is 7.09. The zero-order valence-corrected chi connectivity index (χ0v) is 17.9. The zero-order chi connectivity index (χ0) is 20.8. The summed E-state index contributed by atoms with van der Waals surface area (Å²) in [5.74, 6) is 0.286. The minimum absolute atomic E-state index is 0.0368. The summed E-state index contributed by atoms with van der Waals surface area (Å²) in [6, 6.07) is 17.2. The lowest BCUT2D eigenvalue weighted by Gasteiger charge is -2.17. The largest absolute Gasteiger partial charge is 0.326 e. The second-order valence-corrected chi connectivity index (χ2v) is 8.75. The van der Waals surface area contributed by atoms with Crippen LogP contribution in [0.5, 0.6) is 0 Å². The number of amidine groups is 1. The number of carbonyl (C=O) groups is 2. The molecular weight excluding hydrogens is 382 g/mol. The molecule has 2 aromatic carbocycles. The molecule has 0 saturated carbocycles. The summed E-state index contributed by atoms with van der Waals surface area (Å²) < 4.78 is 0. The maximum atomic E-state index is 13.0. The van der Waals surface area contributed by atoms with Crippen LogP contribution in [0.25, 0.3) is 0 Å². The number of hydrogen-bond donors (Lipinski definition) is 1. The zero-order valence-electron chi connectivity index (χ0n) is 17.1. The highest BCUT2D eigenvalue weighted by Crippen LogP contribution is 2.32. The van der Waals surface area contributed by atoms with Crippen LogP contribution in [0, 0.1) is 12.8 Å². The molecule has 1 aliphatic heterocycles. The molecule has 0 aromatic heterocycles. The predicted molar refractivity (Wildman–Crippen MR) is 121 cm³/mol. The molecule has 6 heteroatoms. The van der Waals surface area contributed by atoms with E-state index in [1.54, 1.807) is 4.90 Å². The minimum Gasteiger partial charge on any atom is -0.326 e. The quantitative estimate of drug-likeness (QED) is 0.700. The molecule has 0 spiro atoms. The van der Waals surface area contributed by atoms with Crippen LogP contribution in [-0.4, -0.2) is 33.7 Å². The normalized spacial score (nSPS) is 17.9. The van der Waals surface area contributed by atoms with Gasteiger partial charge in [-0.3, -0.25) is 14.5 Å². The summed E-state index contributed by atoms with van der Waals surface area (Å²) in [6.45, 7) is 6.83. The molecule has 1 fully saturated rings. The van der Waals surface area contributed by atoms with E-state index in [0.717, 1.165) is 23.4 Å². The van der Waals surface area contributed by atoms with Gasteiger partial charge in [0.2, 0.25) is 11.8 Å². The summed E-state index contributed by atoms with van der Waals surface area (Å²) in [7, 11) is 0. The van der Waals surface area contributed by atoms with Crippen molar-refractivity contribution in [2.24, 2.45) is 10.9 Å². The monoisotopic (exact) mass is 409 g/mol. The highest BCUT2D eigenvalue weighted by atomic mass is 32.2. The fourth-order valence-electron chi connectivity index (χ4n) is 3.01. The van der Waals surface area contributed by atoms with Crippen LogP contribution in [0.4, 0.5) is 11.4 Å². The molecule has 5 nitrogen and oxygen atoms in total. The van der Waals surface area contributed by atoms with E-state index in [1.165, 1.54) is 11.8 Å². The van der Waals surface area contributed by atoms with Crippen LogP contribution in [0.1, 0.15) is 32.3 Å². The molecule has 3 rings (SSSR count). The van der Waals surface area contributed by atoms with Crippen molar-refractivity contribution in [3.63, 3.8) is 0 Å². The van der Waals surface area contributed by atoms with Crippen molar-refractivity contribution in [3.05, 3.63) is 60.2 Å². The molecular formula is C23H27N3O2S. The summed E-state index contributed by atoms with van der Waals surface area (Å²) in [5, 5.41) is 3.15. The van der Waals surface area contributed by atoms with Gasteiger partial charge in [-0.05, 0) is 43.0 Å². The first kappa shape index (κ1) is 21.1. The van der Waals surface area contributed by atoms with E-state index >= 15 is 0 Å². The van der Waals surface area contributed by atoms with Gasteiger partial charge in [0.25, 0.3) is 0 Å². The van der Waals surface area contributed by atoms with Crippen molar-refractivity contribution in [2.45, 2.75) is 38.9 Å². The van der Waals surface area contributed by atoms with Gasteiger partial charge in [-0.25, -0.2) is 4.99 Å². The number of thioether (sulfide) groups is 1. The van der Waals surface area contributed by atoms with E-state index in [-0.39, 0.29) is 18.2 Å². The lowest BCUT2D eigenvalue weighted by molar-refractivity contribution is -0.128. The average Bonchev–Trinajstić information content (AvgIpc) is 2.97. The highest BCUT2D eigenvalue weighted by molar-refractivity contribution is 8.15. The SMILES string of the molecule is Cc1ccccc1NC(=O)C[C@H]1SC(=Nc2ccccc2)N(CCC(C)C)C1=O. The van der Waals surface area contributed by atoms with E-state index in [1.807, 2.05) is 61.5 Å². The van der Waals surface area contributed by atoms with Crippen molar-refractivity contribution in [3.8, 4) is 0 Å². The summed E-state index contributed by atoms with van der Waals surface area (Å²) in [6.07, 6.45) is 1.02. The van der Waals surface area contributed by atoms with Crippen molar-refractivity contribution >= 4 is 40.1 Å². The Morgan fingerprint density at radius 3 is 2.52 bits per heavy atom. The minimum atomic E-state index is -0.450. The number of nitrogens with one attached hydrogen (secondary N) is 1. The van der Waals surface area contributed by atoms with Crippen molar-refractivity contribution in [1.82, 2.24) is 4.90 Å². The third-order valence-corrected chi connectivity index (χ3v) is 5.90. The lowest BCUT2D eigenvalue weighted by atomic mass is 10.1. The van der Waals surface area contributed by atoms with Crippen molar-refractivity contribution < 1.29 is 9.59 Å². The molecule has 1 aliphatic rings. The number of aliphatic imine (C=N–C) groups is 1. The molecule has 2 aromatic rings. The van der Waals surface area contributed by atoms with Crippen molar-refractivity contribution in [2.75, 3.05) is 11.9 Å². The van der Waals surface area contributed by atoms with Crippen LogP contribution in [0.3, 0.4) is 0 Å². The van der Waals surface area contributed by atoms with Crippen LogP contribution in [-0.2, 0) is 9.59 Å². The number of amides is 2.